The average molecular weight is 405 g/mol. The monoisotopic (exact) mass is 404 g/mol. The molecule has 0 bridgehead atoms. The third-order valence-electron chi connectivity index (χ3n) is 4.51. The highest BCUT2D eigenvalue weighted by atomic mass is 35.5. The Labute approximate surface area is 158 Å². The molecule has 0 aliphatic carbocycles. The summed E-state index contributed by atoms with van der Waals surface area (Å²) in [5, 5.41) is 7.10. The number of hydrogen-bond donors (Lipinski definition) is 2. The second kappa shape index (κ2) is 6.81. The summed E-state index contributed by atoms with van der Waals surface area (Å²) in [4.78, 5) is 4.70. The fourth-order valence-corrected chi connectivity index (χ4v) is 6.38. The quantitative estimate of drug-likeness (QED) is 0.793. The summed E-state index contributed by atoms with van der Waals surface area (Å²) in [6, 6.07) is 3.21. The molecule has 0 atom stereocenters. The Morgan fingerprint density at radius 2 is 2.00 bits per heavy atom. The first kappa shape index (κ1) is 19.1. The molecule has 3 heterocycles. The van der Waals surface area contributed by atoms with E-state index in [2.05, 4.69) is 31.4 Å². The van der Waals surface area contributed by atoms with Gasteiger partial charge in [-0.25, -0.2) is 8.42 Å². The number of nitrogens with zero attached hydrogens (tertiary/aromatic N) is 2. The number of sulfonamides is 1. The van der Waals surface area contributed by atoms with Gasteiger partial charge in [0.15, 0.2) is 0 Å². The van der Waals surface area contributed by atoms with E-state index in [1.54, 1.807) is 16.4 Å². The van der Waals surface area contributed by atoms with Crippen molar-refractivity contribution in [2.45, 2.75) is 48.9 Å². The third kappa shape index (κ3) is 4.03. The molecule has 0 saturated carbocycles. The summed E-state index contributed by atoms with van der Waals surface area (Å²) in [7, 11) is -3.47. The molecule has 1 aromatic heterocycles. The Morgan fingerprint density at radius 1 is 1.32 bits per heavy atom. The number of rotatable bonds is 2. The Morgan fingerprint density at radius 3 is 2.56 bits per heavy atom. The molecule has 140 valence electrons. The zero-order valence-corrected chi connectivity index (χ0v) is 17.2. The van der Waals surface area contributed by atoms with Crippen molar-refractivity contribution in [3.8, 4) is 0 Å². The lowest BCUT2D eigenvalue weighted by molar-refractivity contribution is 0.238. The molecule has 25 heavy (non-hydrogen) atoms. The van der Waals surface area contributed by atoms with E-state index in [0.717, 1.165) is 30.3 Å². The molecule has 6 nitrogen and oxygen atoms in total. The van der Waals surface area contributed by atoms with Crippen LogP contribution in [-0.2, 0) is 10.0 Å². The molecule has 1 spiro atoms. The topological polar surface area (TPSA) is 73.8 Å². The van der Waals surface area contributed by atoms with Crippen molar-refractivity contribution in [3.05, 3.63) is 16.5 Å². The fourth-order valence-electron chi connectivity index (χ4n) is 3.30. The van der Waals surface area contributed by atoms with E-state index in [-0.39, 0.29) is 11.1 Å². The molecule has 1 saturated heterocycles. The van der Waals surface area contributed by atoms with E-state index < -0.39 is 10.0 Å². The van der Waals surface area contributed by atoms with Gasteiger partial charge in [0.1, 0.15) is 10.0 Å². The normalized spacial score (nSPS) is 22.0. The number of aliphatic imine (C=N–C) groups is 1. The van der Waals surface area contributed by atoms with E-state index in [4.69, 9.17) is 16.6 Å². The first-order chi connectivity index (χ1) is 11.6. The van der Waals surface area contributed by atoms with Crippen molar-refractivity contribution in [2.24, 2.45) is 4.99 Å². The van der Waals surface area contributed by atoms with E-state index >= 15 is 0 Å². The van der Waals surface area contributed by atoms with Gasteiger partial charge in [0.2, 0.25) is 0 Å². The first-order valence-electron chi connectivity index (χ1n) is 8.46. The Hall–Kier alpha value is -0.670. The Kier molecular flexibility index (Phi) is 5.20. The maximum Gasteiger partial charge on any atom is 0.252 e. The molecule has 3 rings (SSSR count). The van der Waals surface area contributed by atoms with Gasteiger partial charge >= 0.3 is 0 Å². The van der Waals surface area contributed by atoms with Gasteiger partial charge in [0.25, 0.3) is 10.0 Å². The molecule has 0 unspecified atom stereocenters. The molecule has 1 aromatic rings. The third-order valence-corrected chi connectivity index (χ3v) is 8.11. The Balaban J connectivity index is 1.76. The standard InChI is InChI=1S/C16H25ClN4O2S2/c1-15(2,3)20-14-16(19-9-8-18-14)6-10-21(11-7-16)25(22,23)13-5-4-12(17)24-13/h4-5,19H,6-11H2,1-3H3,(H,18,20). The maximum atomic E-state index is 12.8. The number of amidine groups is 1. The summed E-state index contributed by atoms with van der Waals surface area (Å²) >= 11 is 7.01. The molecule has 2 aliphatic rings. The van der Waals surface area contributed by atoms with Gasteiger partial charge in [0, 0.05) is 25.2 Å². The molecule has 0 aromatic carbocycles. The van der Waals surface area contributed by atoms with Crippen molar-refractivity contribution in [1.29, 1.82) is 0 Å². The van der Waals surface area contributed by atoms with Gasteiger partial charge < -0.3 is 10.6 Å². The van der Waals surface area contributed by atoms with E-state index in [0.29, 0.717) is 34.5 Å². The van der Waals surface area contributed by atoms with Gasteiger partial charge in [-0.2, -0.15) is 4.31 Å². The van der Waals surface area contributed by atoms with Crippen molar-refractivity contribution < 1.29 is 8.42 Å². The van der Waals surface area contributed by atoms with Crippen molar-refractivity contribution in [2.75, 3.05) is 26.2 Å². The van der Waals surface area contributed by atoms with Crippen LogP contribution in [0.3, 0.4) is 0 Å². The lowest BCUT2D eigenvalue weighted by Crippen LogP contribution is -2.66. The number of thiophene rings is 1. The van der Waals surface area contributed by atoms with Gasteiger partial charge in [0.05, 0.1) is 16.4 Å². The van der Waals surface area contributed by atoms with Crippen molar-refractivity contribution in [1.82, 2.24) is 14.9 Å². The summed E-state index contributed by atoms with van der Waals surface area (Å²) in [5.41, 5.74) is -0.341. The van der Waals surface area contributed by atoms with Crippen LogP contribution in [0.25, 0.3) is 0 Å². The minimum atomic E-state index is -3.47. The van der Waals surface area contributed by atoms with Crippen LogP contribution in [0.4, 0.5) is 0 Å². The predicted octanol–water partition coefficient (Wildman–Crippen LogP) is 2.31. The van der Waals surface area contributed by atoms with Crippen molar-refractivity contribution in [3.63, 3.8) is 0 Å². The molecule has 2 N–H and O–H groups in total. The largest absolute Gasteiger partial charge is 0.368 e. The average Bonchev–Trinajstić information content (AvgIpc) is 2.96. The lowest BCUT2D eigenvalue weighted by Gasteiger charge is -2.46. The fraction of sp³-hybridized carbons (Fsp3) is 0.688. The smallest absolute Gasteiger partial charge is 0.252 e. The minimum absolute atomic E-state index is 0.0816. The number of nitrogens with one attached hydrogen (secondary N) is 2. The highest BCUT2D eigenvalue weighted by Crippen LogP contribution is 2.32. The SMILES string of the molecule is CC(C)(C)NC1=NCCNC12CCN(S(=O)(=O)c1ccc(Cl)s1)CC2. The molecule has 1 fully saturated rings. The van der Waals surface area contributed by atoms with Crippen molar-refractivity contribution >= 4 is 38.8 Å². The highest BCUT2D eigenvalue weighted by Gasteiger charge is 2.44. The van der Waals surface area contributed by atoms with E-state index in [9.17, 15) is 8.42 Å². The van der Waals surface area contributed by atoms with Gasteiger partial charge in [-0.3, -0.25) is 4.99 Å². The summed E-state index contributed by atoms with van der Waals surface area (Å²) in [6.07, 6.45) is 1.40. The van der Waals surface area contributed by atoms with E-state index in [1.165, 1.54) is 0 Å². The molecular weight excluding hydrogens is 380 g/mol. The first-order valence-corrected chi connectivity index (χ1v) is 11.1. The second-order valence-corrected chi connectivity index (χ2v) is 11.5. The maximum absolute atomic E-state index is 12.8. The van der Waals surface area contributed by atoms with Gasteiger partial charge in [-0.1, -0.05) is 11.6 Å². The van der Waals surface area contributed by atoms with Gasteiger partial charge in [-0.05, 0) is 45.7 Å². The number of piperidine rings is 1. The summed E-state index contributed by atoms with van der Waals surface area (Å²) in [5.74, 6) is 0.961. The molecule has 0 radical (unpaired) electrons. The van der Waals surface area contributed by atoms with Crippen LogP contribution < -0.4 is 10.6 Å². The van der Waals surface area contributed by atoms with Crippen LogP contribution in [-0.4, -0.2) is 55.8 Å². The van der Waals surface area contributed by atoms with Crippen LogP contribution in [0.1, 0.15) is 33.6 Å². The minimum Gasteiger partial charge on any atom is -0.368 e. The highest BCUT2D eigenvalue weighted by molar-refractivity contribution is 7.91. The lowest BCUT2D eigenvalue weighted by atomic mass is 9.85. The van der Waals surface area contributed by atoms with Crippen LogP contribution in [0.2, 0.25) is 4.34 Å². The van der Waals surface area contributed by atoms with Gasteiger partial charge in [-0.15, -0.1) is 11.3 Å². The molecular formula is C16H25ClN4O2S2. The van der Waals surface area contributed by atoms with E-state index in [1.807, 2.05) is 0 Å². The molecule has 0 amide bonds. The number of halogens is 1. The van der Waals surface area contributed by atoms with Crippen LogP contribution >= 0.6 is 22.9 Å². The molecule has 9 heteroatoms. The zero-order valence-electron chi connectivity index (χ0n) is 14.8. The van der Waals surface area contributed by atoms with Crippen LogP contribution in [0.5, 0.6) is 0 Å². The predicted molar refractivity (Wildman–Crippen MR) is 103 cm³/mol. The second-order valence-electron chi connectivity index (χ2n) is 7.58. The number of hydrogen-bond acceptors (Lipinski definition) is 6. The Bertz CT molecular complexity index is 759. The summed E-state index contributed by atoms with van der Waals surface area (Å²) < 4.78 is 28.0. The molecule has 2 aliphatic heterocycles. The van der Waals surface area contributed by atoms with Crippen LogP contribution in [0.15, 0.2) is 21.3 Å². The summed E-state index contributed by atoms with van der Waals surface area (Å²) in [6.45, 7) is 8.83. The van der Waals surface area contributed by atoms with Crippen LogP contribution in [0, 0.1) is 0 Å². The zero-order chi connectivity index (χ0) is 18.3.